The maximum Gasteiger partial charge on any atom is 0.264 e. The second kappa shape index (κ2) is 5.64. The van der Waals surface area contributed by atoms with Crippen LogP contribution in [0.2, 0.25) is 0 Å². The molecule has 6 nitrogen and oxygen atoms in total. The smallest absolute Gasteiger partial charge is 0.264 e. The third kappa shape index (κ3) is 2.87. The van der Waals surface area contributed by atoms with Crippen LogP contribution >= 0.6 is 0 Å². The number of rotatable bonds is 3. The van der Waals surface area contributed by atoms with Crippen molar-refractivity contribution in [3.8, 4) is 0 Å². The van der Waals surface area contributed by atoms with Crippen molar-refractivity contribution in [3.63, 3.8) is 0 Å². The average molecular weight is 372 g/mol. The molecular weight excluding hydrogens is 344 g/mol. The molecule has 0 unspecified atom stereocenters. The van der Waals surface area contributed by atoms with Gasteiger partial charge in [0.2, 0.25) is 11.6 Å². The minimum Gasteiger partial charge on any atom is -0.312 e. The van der Waals surface area contributed by atoms with E-state index in [4.69, 9.17) is 18.7 Å². The van der Waals surface area contributed by atoms with Crippen molar-refractivity contribution in [3.05, 3.63) is 0 Å². The first-order chi connectivity index (χ1) is 11.9. The van der Waals surface area contributed by atoms with E-state index >= 15 is 0 Å². The summed E-state index contributed by atoms with van der Waals surface area (Å²) >= 11 is 0. The standard InChI is InChI=1S/C18H28O6S/c1-25(19,20)21-11-12-2-4-17(5-3-12)22-18(24-23-17)15-7-13-6-14(9-15)10-16(18)8-13/h12-16H,2-11H2,1H3. The number of ether oxygens (including phenoxy) is 1. The molecule has 4 bridgehead atoms. The summed E-state index contributed by atoms with van der Waals surface area (Å²) in [7, 11) is -3.37. The third-order valence-corrected chi connectivity index (χ3v) is 7.89. The molecular formula is C18H28O6S. The van der Waals surface area contributed by atoms with E-state index in [1.54, 1.807) is 0 Å². The molecule has 0 atom stereocenters. The van der Waals surface area contributed by atoms with Crippen LogP contribution in [-0.4, -0.2) is 32.9 Å². The number of hydrogen-bond acceptors (Lipinski definition) is 6. The fourth-order valence-electron chi connectivity index (χ4n) is 6.30. The van der Waals surface area contributed by atoms with Crippen molar-refractivity contribution >= 4 is 10.1 Å². The molecule has 5 aliphatic carbocycles. The second-order valence-corrected chi connectivity index (χ2v) is 10.8. The summed E-state index contributed by atoms with van der Waals surface area (Å²) in [6.07, 6.45) is 10.6. The average Bonchev–Trinajstić information content (AvgIpc) is 2.91. The monoisotopic (exact) mass is 372 g/mol. The fourth-order valence-corrected chi connectivity index (χ4v) is 6.74. The van der Waals surface area contributed by atoms with E-state index in [0.717, 1.165) is 43.8 Å². The Kier molecular flexibility index (Phi) is 3.82. The van der Waals surface area contributed by atoms with E-state index < -0.39 is 21.7 Å². The van der Waals surface area contributed by atoms with E-state index in [1.165, 1.54) is 32.1 Å². The molecule has 5 saturated carbocycles. The van der Waals surface area contributed by atoms with Crippen LogP contribution in [0, 0.1) is 29.6 Å². The molecule has 0 N–H and O–H groups in total. The lowest BCUT2D eigenvalue weighted by Crippen LogP contribution is -2.59. The zero-order valence-corrected chi connectivity index (χ0v) is 15.6. The maximum absolute atomic E-state index is 11.2. The van der Waals surface area contributed by atoms with Gasteiger partial charge in [-0.25, -0.2) is 0 Å². The Balaban J connectivity index is 1.24. The van der Waals surface area contributed by atoms with Crippen molar-refractivity contribution in [1.82, 2.24) is 0 Å². The summed E-state index contributed by atoms with van der Waals surface area (Å²) < 4.78 is 34.0. The van der Waals surface area contributed by atoms with Gasteiger partial charge in [-0.2, -0.15) is 18.2 Å². The summed E-state index contributed by atoms with van der Waals surface area (Å²) in [5.74, 6) is 1.79. The molecule has 6 fully saturated rings. The number of hydrogen-bond donors (Lipinski definition) is 0. The Bertz CT molecular complexity index is 608. The molecule has 0 amide bonds. The van der Waals surface area contributed by atoms with Crippen molar-refractivity contribution in [2.24, 2.45) is 29.6 Å². The first-order valence-electron chi connectivity index (χ1n) is 9.77. The van der Waals surface area contributed by atoms with E-state index in [1.807, 2.05) is 0 Å². The summed E-state index contributed by atoms with van der Waals surface area (Å²) in [5.41, 5.74) is 0. The van der Waals surface area contributed by atoms with Gasteiger partial charge >= 0.3 is 0 Å². The Labute approximate surface area is 149 Å². The molecule has 142 valence electrons. The van der Waals surface area contributed by atoms with Gasteiger partial charge in [0.25, 0.3) is 10.1 Å². The summed E-state index contributed by atoms with van der Waals surface area (Å²) in [5, 5.41) is 0. The quantitative estimate of drug-likeness (QED) is 0.560. The second-order valence-electron chi connectivity index (χ2n) is 9.14. The minimum atomic E-state index is -3.37. The van der Waals surface area contributed by atoms with Crippen LogP contribution in [0.1, 0.15) is 57.8 Å². The van der Waals surface area contributed by atoms with E-state index in [0.29, 0.717) is 11.8 Å². The zero-order chi connectivity index (χ0) is 17.3. The van der Waals surface area contributed by atoms with Gasteiger partial charge in [0.05, 0.1) is 12.9 Å². The van der Waals surface area contributed by atoms with Gasteiger partial charge in [-0.05, 0) is 62.7 Å². The molecule has 6 aliphatic rings. The van der Waals surface area contributed by atoms with Gasteiger partial charge in [-0.1, -0.05) is 0 Å². The third-order valence-electron chi connectivity index (χ3n) is 7.33. The summed E-state index contributed by atoms with van der Waals surface area (Å²) in [6.45, 7) is 0.259. The lowest BCUT2D eigenvalue weighted by molar-refractivity contribution is -0.390. The van der Waals surface area contributed by atoms with Gasteiger partial charge in [-0.3, -0.25) is 4.18 Å². The molecule has 6 rings (SSSR count). The zero-order valence-electron chi connectivity index (χ0n) is 14.8. The molecule has 7 heteroatoms. The van der Waals surface area contributed by atoms with Gasteiger partial charge in [0, 0.05) is 24.7 Å². The predicted molar refractivity (Wildman–Crippen MR) is 88.5 cm³/mol. The summed E-state index contributed by atoms with van der Waals surface area (Å²) in [6, 6.07) is 0. The molecule has 0 aromatic carbocycles. The lowest BCUT2D eigenvalue weighted by atomic mass is 9.53. The Morgan fingerprint density at radius 2 is 1.56 bits per heavy atom. The van der Waals surface area contributed by atoms with Crippen LogP contribution in [-0.2, 0) is 28.8 Å². The van der Waals surface area contributed by atoms with Crippen molar-refractivity contribution in [2.45, 2.75) is 69.4 Å². The molecule has 1 saturated heterocycles. The van der Waals surface area contributed by atoms with E-state index in [-0.39, 0.29) is 12.5 Å². The van der Waals surface area contributed by atoms with Crippen molar-refractivity contribution in [1.29, 1.82) is 0 Å². The van der Waals surface area contributed by atoms with E-state index in [9.17, 15) is 8.42 Å². The molecule has 2 spiro atoms. The molecule has 1 heterocycles. The highest BCUT2D eigenvalue weighted by Gasteiger charge is 2.66. The van der Waals surface area contributed by atoms with Gasteiger partial charge in [0.15, 0.2) is 0 Å². The van der Waals surface area contributed by atoms with Crippen LogP contribution in [0.25, 0.3) is 0 Å². The minimum absolute atomic E-state index is 0.239. The molecule has 0 radical (unpaired) electrons. The van der Waals surface area contributed by atoms with Crippen LogP contribution in [0.15, 0.2) is 0 Å². The first kappa shape index (κ1) is 16.9. The molecule has 0 aromatic heterocycles. The van der Waals surface area contributed by atoms with Gasteiger partial charge < -0.3 is 4.74 Å². The van der Waals surface area contributed by atoms with Crippen LogP contribution in [0.3, 0.4) is 0 Å². The van der Waals surface area contributed by atoms with Crippen LogP contribution in [0.5, 0.6) is 0 Å². The highest BCUT2D eigenvalue weighted by Crippen LogP contribution is 2.63. The Morgan fingerprint density at radius 1 is 0.960 bits per heavy atom. The Morgan fingerprint density at radius 3 is 2.12 bits per heavy atom. The summed E-state index contributed by atoms with van der Waals surface area (Å²) in [4.78, 5) is 11.9. The van der Waals surface area contributed by atoms with Gasteiger partial charge in [-0.15, -0.1) is 0 Å². The topological polar surface area (TPSA) is 71.1 Å². The maximum atomic E-state index is 11.2. The molecule has 0 aromatic rings. The molecule has 1 aliphatic heterocycles. The molecule has 25 heavy (non-hydrogen) atoms. The lowest BCUT2D eigenvalue weighted by Gasteiger charge is -2.57. The van der Waals surface area contributed by atoms with Crippen LogP contribution < -0.4 is 0 Å². The predicted octanol–water partition coefficient (Wildman–Crippen LogP) is 2.98. The van der Waals surface area contributed by atoms with Crippen LogP contribution in [0.4, 0.5) is 0 Å². The first-order valence-corrected chi connectivity index (χ1v) is 11.6. The Hall–Kier alpha value is -0.210. The highest BCUT2D eigenvalue weighted by molar-refractivity contribution is 7.85. The van der Waals surface area contributed by atoms with Crippen molar-refractivity contribution in [2.75, 3.05) is 12.9 Å². The highest BCUT2D eigenvalue weighted by atomic mass is 32.2. The van der Waals surface area contributed by atoms with E-state index in [2.05, 4.69) is 0 Å². The largest absolute Gasteiger partial charge is 0.312 e. The fraction of sp³-hybridized carbons (Fsp3) is 1.00. The van der Waals surface area contributed by atoms with Crippen molar-refractivity contribution < 1.29 is 27.1 Å². The normalized spacial score (nSPS) is 51.6. The van der Waals surface area contributed by atoms with Gasteiger partial charge in [0.1, 0.15) is 0 Å². The SMILES string of the molecule is CS(=O)(=O)OCC1CCC2(CC1)OOC1(O2)C2CC3CC(C2)CC1C3.